The Labute approximate surface area is 201 Å². The lowest BCUT2D eigenvalue weighted by molar-refractivity contribution is -0.143. The predicted molar refractivity (Wildman–Crippen MR) is 134 cm³/mol. The van der Waals surface area contributed by atoms with Gasteiger partial charge in [0.1, 0.15) is 11.1 Å². The fourth-order valence-corrected chi connectivity index (χ4v) is 4.51. The minimum Gasteiger partial charge on any atom is -0.480 e. The van der Waals surface area contributed by atoms with Crippen molar-refractivity contribution in [2.45, 2.75) is 58.2 Å². The van der Waals surface area contributed by atoms with Crippen LogP contribution >= 0.6 is 0 Å². The monoisotopic (exact) mass is 457 g/mol. The molecule has 1 atom stereocenters. The van der Waals surface area contributed by atoms with Crippen LogP contribution in [0.3, 0.4) is 0 Å². The van der Waals surface area contributed by atoms with E-state index >= 15 is 0 Å². The van der Waals surface area contributed by atoms with E-state index in [9.17, 15) is 14.7 Å². The summed E-state index contributed by atoms with van der Waals surface area (Å²) in [6.45, 7) is 7.80. The summed E-state index contributed by atoms with van der Waals surface area (Å²) in [5.41, 5.74) is 3.69. The first-order valence-corrected chi connectivity index (χ1v) is 11.6. The minimum absolute atomic E-state index is 0.364. The molecule has 4 rings (SSSR count). The van der Waals surface area contributed by atoms with E-state index < -0.39 is 17.1 Å². The molecule has 0 spiro atoms. The minimum atomic E-state index is -1.00. The number of hydrogen-bond acceptors (Lipinski definition) is 4. The number of anilines is 1. The van der Waals surface area contributed by atoms with Crippen molar-refractivity contribution in [3.63, 3.8) is 0 Å². The molecule has 5 heteroatoms. The molecule has 0 saturated heterocycles. The van der Waals surface area contributed by atoms with Crippen LogP contribution in [0, 0.1) is 0 Å². The van der Waals surface area contributed by atoms with E-state index in [1.165, 1.54) is 0 Å². The highest BCUT2D eigenvalue weighted by atomic mass is 16.6. The zero-order valence-corrected chi connectivity index (χ0v) is 20.2. The lowest BCUT2D eigenvalue weighted by Crippen LogP contribution is -2.55. The molecule has 34 heavy (non-hydrogen) atoms. The lowest BCUT2D eigenvalue weighted by atomic mass is 9.84. The molecular formula is C29H31NO4. The van der Waals surface area contributed by atoms with E-state index in [0.29, 0.717) is 18.5 Å². The number of carboxylic acids is 1. The smallest absolute Gasteiger partial charge is 0.339 e. The summed E-state index contributed by atoms with van der Waals surface area (Å²) >= 11 is 0. The fraction of sp³-hybridized carbons (Fsp3) is 0.310. The van der Waals surface area contributed by atoms with Crippen molar-refractivity contribution in [1.82, 2.24) is 0 Å². The third-order valence-corrected chi connectivity index (χ3v) is 6.34. The Morgan fingerprint density at radius 2 is 1.71 bits per heavy atom. The summed E-state index contributed by atoms with van der Waals surface area (Å²) in [5.74, 6) is -1.19. The van der Waals surface area contributed by atoms with E-state index in [0.717, 1.165) is 34.4 Å². The summed E-state index contributed by atoms with van der Waals surface area (Å²) in [6.07, 6.45) is 1.28. The molecule has 176 valence electrons. The number of ether oxygens (including phenoxy) is 1. The van der Waals surface area contributed by atoms with Gasteiger partial charge < -0.3 is 14.7 Å². The van der Waals surface area contributed by atoms with E-state index in [4.69, 9.17) is 4.74 Å². The van der Waals surface area contributed by atoms with Gasteiger partial charge >= 0.3 is 11.9 Å². The van der Waals surface area contributed by atoms with Gasteiger partial charge in [0.25, 0.3) is 0 Å². The molecule has 1 unspecified atom stereocenters. The normalized spacial score (nSPS) is 17.7. The zero-order valence-electron chi connectivity index (χ0n) is 20.2. The van der Waals surface area contributed by atoms with Crippen molar-refractivity contribution in [2.75, 3.05) is 4.90 Å². The molecule has 3 aromatic rings. The van der Waals surface area contributed by atoms with Crippen LogP contribution in [0.1, 0.15) is 55.6 Å². The van der Waals surface area contributed by atoms with E-state index in [1.54, 1.807) is 13.0 Å². The molecule has 3 aromatic carbocycles. The average Bonchev–Trinajstić information content (AvgIpc) is 2.80. The van der Waals surface area contributed by atoms with Crippen LogP contribution in [0.15, 0.2) is 72.8 Å². The Kier molecular flexibility index (Phi) is 6.22. The molecule has 1 heterocycles. The van der Waals surface area contributed by atoms with Crippen LogP contribution in [0.2, 0.25) is 0 Å². The van der Waals surface area contributed by atoms with E-state index in [-0.39, 0.29) is 5.97 Å². The van der Waals surface area contributed by atoms with Crippen LogP contribution < -0.4 is 4.90 Å². The van der Waals surface area contributed by atoms with Crippen molar-refractivity contribution < 1.29 is 19.4 Å². The number of carboxylic acid groups (broad SMARTS) is 1. The zero-order chi connectivity index (χ0) is 24.5. The first kappa shape index (κ1) is 23.6. The number of para-hydroxylation sites is 1. The fourth-order valence-electron chi connectivity index (χ4n) is 4.51. The molecule has 0 bridgehead atoms. The number of nitrogens with zero attached hydrogens (tertiary/aromatic N) is 1. The summed E-state index contributed by atoms with van der Waals surface area (Å²) in [6, 6.07) is 23.4. The van der Waals surface area contributed by atoms with E-state index in [2.05, 4.69) is 6.07 Å². The average molecular weight is 458 g/mol. The summed E-state index contributed by atoms with van der Waals surface area (Å²) in [7, 11) is 0. The number of carbonyl (C=O) groups is 2. The third kappa shape index (κ3) is 4.69. The van der Waals surface area contributed by atoms with Crippen molar-refractivity contribution in [2.24, 2.45) is 0 Å². The number of rotatable bonds is 5. The summed E-state index contributed by atoms with van der Waals surface area (Å²) in [4.78, 5) is 27.2. The Morgan fingerprint density at radius 3 is 2.44 bits per heavy atom. The quantitative estimate of drug-likeness (QED) is 0.469. The summed E-state index contributed by atoms with van der Waals surface area (Å²) in [5, 5.41) is 10.1. The summed E-state index contributed by atoms with van der Waals surface area (Å²) < 4.78 is 5.62. The second kappa shape index (κ2) is 8.98. The molecule has 1 aliphatic heterocycles. The van der Waals surface area contributed by atoms with Gasteiger partial charge in [-0.05, 0) is 81.0 Å². The maximum Gasteiger partial charge on any atom is 0.339 e. The second-order valence-electron chi connectivity index (χ2n) is 10.0. The number of esters is 1. The number of aryl methyl sites for hydroxylation is 1. The largest absolute Gasteiger partial charge is 0.480 e. The molecule has 1 aliphatic rings. The molecule has 0 aromatic heterocycles. The molecule has 0 saturated carbocycles. The number of carbonyl (C=O) groups excluding carboxylic acids is 1. The first-order chi connectivity index (χ1) is 16.1. The van der Waals surface area contributed by atoms with Gasteiger partial charge in [-0.1, -0.05) is 54.6 Å². The predicted octanol–water partition coefficient (Wildman–Crippen LogP) is 6.11. The Hall–Kier alpha value is -3.60. The SMILES string of the molecule is CC(C)(C)OC(=O)c1ccccc1-c1cccc(CN2c3ccccc3CCC2(C)C(=O)O)c1. The number of hydrogen-bond donors (Lipinski definition) is 1. The van der Waals surface area contributed by atoms with Gasteiger partial charge in [-0.15, -0.1) is 0 Å². The van der Waals surface area contributed by atoms with Crippen LogP contribution in [0.25, 0.3) is 11.1 Å². The highest BCUT2D eigenvalue weighted by Crippen LogP contribution is 2.38. The topological polar surface area (TPSA) is 66.8 Å². The Morgan fingerprint density at radius 1 is 1.00 bits per heavy atom. The van der Waals surface area contributed by atoms with E-state index in [1.807, 2.05) is 86.3 Å². The lowest BCUT2D eigenvalue weighted by Gasteiger charge is -2.44. The Balaban J connectivity index is 1.71. The van der Waals surface area contributed by atoms with Gasteiger partial charge in [-0.25, -0.2) is 9.59 Å². The standard InChI is InChI=1S/C29H31NO4/c1-28(2,3)34-26(31)24-14-7-6-13-23(24)22-12-9-10-20(18-22)19-30-25-15-8-5-11-21(25)16-17-29(30,4)27(32)33/h5-15,18H,16-17,19H2,1-4H3,(H,32,33). The molecular weight excluding hydrogens is 426 g/mol. The van der Waals surface area contributed by atoms with Crippen LogP contribution in [0.5, 0.6) is 0 Å². The van der Waals surface area contributed by atoms with Gasteiger partial charge in [-0.3, -0.25) is 0 Å². The first-order valence-electron chi connectivity index (χ1n) is 11.6. The maximum atomic E-state index is 12.9. The second-order valence-corrected chi connectivity index (χ2v) is 10.0. The van der Waals surface area contributed by atoms with Crippen LogP contribution in [-0.4, -0.2) is 28.2 Å². The molecule has 0 aliphatic carbocycles. The van der Waals surface area contributed by atoms with Crippen molar-refractivity contribution in [3.05, 3.63) is 89.5 Å². The van der Waals surface area contributed by atoms with Crippen molar-refractivity contribution in [1.29, 1.82) is 0 Å². The van der Waals surface area contributed by atoms with Crippen molar-refractivity contribution >= 4 is 17.6 Å². The Bertz CT molecular complexity index is 1230. The number of benzene rings is 3. The number of aliphatic carboxylic acids is 1. The molecule has 5 nitrogen and oxygen atoms in total. The highest BCUT2D eigenvalue weighted by Gasteiger charge is 2.43. The molecule has 0 amide bonds. The third-order valence-electron chi connectivity index (χ3n) is 6.34. The highest BCUT2D eigenvalue weighted by molar-refractivity contribution is 5.97. The van der Waals surface area contributed by atoms with Gasteiger partial charge in [-0.2, -0.15) is 0 Å². The van der Waals surface area contributed by atoms with Gasteiger partial charge in [0.05, 0.1) is 5.56 Å². The van der Waals surface area contributed by atoms with Gasteiger partial charge in [0.2, 0.25) is 0 Å². The number of fused-ring (bicyclic) bond motifs is 1. The van der Waals surface area contributed by atoms with Gasteiger partial charge in [0.15, 0.2) is 0 Å². The van der Waals surface area contributed by atoms with Crippen LogP contribution in [0.4, 0.5) is 5.69 Å². The van der Waals surface area contributed by atoms with Crippen molar-refractivity contribution in [3.8, 4) is 11.1 Å². The maximum absolute atomic E-state index is 12.9. The molecule has 0 fully saturated rings. The molecule has 1 N–H and O–H groups in total. The van der Waals surface area contributed by atoms with Gasteiger partial charge in [0, 0.05) is 12.2 Å². The van der Waals surface area contributed by atoms with Crippen LogP contribution in [-0.2, 0) is 22.5 Å². The molecule has 0 radical (unpaired) electrons.